The molecular formula is C22H21N7O. The quantitative estimate of drug-likeness (QED) is 0.350. The zero-order valence-corrected chi connectivity index (χ0v) is 16.1. The molecule has 1 aliphatic carbocycles. The van der Waals surface area contributed by atoms with E-state index in [1.54, 1.807) is 24.4 Å². The zero-order chi connectivity index (χ0) is 20.6. The van der Waals surface area contributed by atoms with E-state index >= 15 is 0 Å². The number of benzene rings is 2. The molecule has 0 radical (unpaired) electrons. The molecule has 2 aromatic carbocycles. The van der Waals surface area contributed by atoms with Crippen LogP contribution in [0.5, 0.6) is 5.75 Å². The highest BCUT2D eigenvalue weighted by Gasteiger charge is 2.11. The van der Waals surface area contributed by atoms with Gasteiger partial charge in [-0.15, -0.1) is 0 Å². The minimum atomic E-state index is 0.102. The summed E-state index contributed by atoms with van der Waals surface area (Å²) in [6.07, 6.45) is 10.6. The lowest BCUT2D eigenvalue weighted by atomic mass is 10.1. The second-order valence-electron chi connectivity index (χ2n) is 6.56. The number of hydrogen-bond acceptors (Lipinski definition) is 8. The van der Waals surface area contributed by atoms with Crippen LogP contribution in [-0.4, -0.2) is 32.3 Å². The highest BCUT2D eigenvalue weighted by atomic mass is 16.3. The summed E-state index contributed by atoms with van der Waals surface area (Å²) >= 11 is 0. The number of phenolic OH excluding ortho intramolecular Hbond substituents is 1. The van der Waals surface area contributed by atoms with E-state index in [0.717, 1.165) is 17.7 Å². The molecule has 150 valence electrons. The van der Waals surface area contributed by atoms with Gasteiger partial charge in [0.1, 0.15) is 5.75 Å². The monoisotopic (exact) mass is 399 g/mol. The number of allylic oxidation sites excluding steroid dienone is 2. The van der Waals surface area contributed by atoms with Gasteiger partial charge in [-0.1, -0.05) is 54.6 Å². The number of aromatic hydroxyl groups is 1. The lowest BCUT2D eigenvalue weighted by molar-refractivity contribution is 0.475. The Labute approximate surface area is 174 Å². The summed E-state index contributed by atoms with van der Waals surface area (Å²) in [5, 5.41) is 20.2. The van der Waals surface area contributed by atoms with Crippen LogP contribution in [0.2, 0.25) is 0 Å². The van der Waals surface area contributed by atoms with Crippen molar-refractivity contribution in [2.45, 2.75) is 12.5 Å². The average Bonchev–Trinajstić information content (AvgIpc) is 2.75. The van der Waals surface area contributed by atoms with Crippen molar-refractivity contribution in [1.82, 2.24) is 15.0 Å². The van der Waals surface area contributed by atoms with E-state index in [1.165, 1.54) is 0 Å². The van der Waals surface area contributed by atoms with Gasteiger partial charge in [-0.05, 0) is 36.2 Å². The third-order valence-corrected chi connectivity index (χ3v) is 4.21. The third-order valence-electron chi connectivity index (χ3n) is 4.21. The van der Waals surface area contributed by atoms with Gasteiger partial charge in [-0.2, -0.15) is 20.1 Å². The van der Waals surface area contributed by atoms with Crippen LogP contribution in [-0.2, 0) is 0 Å². The lowest BCUT2D eigenvalue weighted by Crippen LogP contribution is -2.20. The fourth-order valence-corrected chi connectivity index (χ4v) is 2.82. The van der Waals surface area contributed by atoms with Crippen molar-refractivity contribution in [3.8, 4) is 5.75 Å². The fourth-order valence-electron chi connectivity index (χ4n) is 2.82. The van der Waals surface area contributed by atoms with Gasteiger partial charge in [-0.25, -0.2) is 5.43 Å². The zero-order valence-electron chi connectivity index (χ0n) is 16.1. The maximum Gasteiger partial charge on any atom is 0.250 e. The molecule has 1 aliphatic rings. The number of rotatable bonds is 7. The van der Waals surface area contributed by atoms with Gasteiger partial charge in [0, 0.05) is 5.69 Å². The van der Waals surface area contributed by atoms with Crippen LogP contribution in [0.4, 0.5) is 23.5 Å². The third kappa shape index (κ3) is 5.41. The van der Waals surface area contributed by atoms with Gasteiger partial charge in [-0.3, -0.25) is 0 Å². The van der Waals surface area contributed by atoms with Gasteiger partial charge < -0.3 is 15.7 Å². The predicted octanol–water partition coefficient (Wildman–Crippen LogP) is 4.06. The minimum Gasteiger partial charge on any atom is -0.508 e. The van der Waals surface area contributed by atoms with Crippen molar-refractivity contribution >= 4 is 29.7 Å². The molecule has 3 aromatic rings. The number of phenols is 1. The largest absolute Gasteiger partial charge is 0.508 e. The maximum absolute atomic E-state index is 9.56. The number of hydrogen-bond donors (Lipinski definition) is 4. The van der Waals surface area contributed by atoms with Gasteiger partial charge in [0.15, 0.2) is 0 Å². The number of nitrogens with zero attached hydrogens (tertiary/aromatic N) is 4. The van der Waals surface area contributed by atoms with Crippen LogP contribution in [0.15, 0.2) is 84.0 Å². The topological polar surface area (TPSA) is 107 Å². The average molecular weight is 399 g/mol. The van der Waals surface area contributed by atoms with E-state index in [2.05, 4.69) is 48.3 Å². The summed E-state index contributed by atoms with van der Waals surface area (Å²) in [7, 11) is 0. The van der Waals surface area contributed by atoms with Crippen LogP contribution in [0.25, 0.3) is 0 Å². The molecule has 30 heavy (non-hydrogen) atoms. The first kappa shape index (κ1) is 19.1. The van der Waals surface area contributed by atoms with Gasteiger partial charge in [0.2, 0.25) is 17.8 Å². The first-order valence-corrected chi connectivity index (χ1v) is 9.51. The molecule has 0 amide bonds. The maximum atomic E-state index is 9.56. The van der Waals surface area contributed by atoms with Crippen molar-refractivity contribution < 1.29 is 5.11 Å². The van der Waals surface area contributed by atoms with E-state index in [0.29, 0.717) is 11.9 Å². The van der Waals surface area contributed by atoms with E-state index in [-0.39, 0.29) is 17.7 Å². The summed E-state index contributed by atoms with van der Waals surface area (Å²) in [4.78, 5) is 13.3. The Bertz CT molecular complexity index is 1080. The molecule has 0 fully saturated rings. The van der Waals surface area contributed by atoms with Crippen LogP contribution in [0.3, 0.4) is 0 Å². The molecule has 1 aromatic heterocycles. The van der Waals surface area contributed by atoms with Crippen LogP contribution in [0, 0.1) is 0 Å². The first-order chi connectivity index (χ1) is 14.7. The van der Waals surface area contributed by atoms with Crippen molar-refractivity contribution in [2.24, 2.45) is 5.10 Å². The van der Waals surface area contributed by atoms with Gasteiger partial charge in [0.25, 0.3) is 0 Å². The molecule has 0 spiro atoms. The van der Waals surface area contributed by atoms with Crippen molar-refractivity contribution in [1.29, 1.82) is 0 Å². The van der Waals surface area contributed by atoms with Crippen molar-refractivity contribution in [2.75, 3.05) is 16.1 Å². The molecule has 1 unspecified atom stereocenters. The summed E-state index contributed by atoms with van der Waals surface area (Å²) in [6, 6.07) is 16.6. The number of aromatic nitrogens is 3. The predicted molar refractivity (Wildman–Crippen MR) is 119 cm³/mol. The van der Waals surface area contributed by atoms with Crippen molar-refractivity contribution in [3.05, 3.63) is 84.5 Å². The molecule has 0 saturated heterocycles. The van der Waals surface area contributed by atoms with E-state index < -0.39 is 0 Å². The highest BCUT2D eigenvalue weighted by molar-refractivity contribution is 5.80. The van der Waals surface area contributed by atoms with Crippen LogP contribution in [0.1, 0.15) is 12.0 Å². The Hall–Kier alpha value is -4.20. The Morgan fingerprint density at radius 3 is 2.57 bits per heavy atom. The number of nitrogens with one attached hydrogen (secondary N) is 3. The van der Waals surface area contributed by atoms with E-state index in [1.807, 2.05) is 48.6 Å². The number of para-hydroxylation sites is 1. The smallest absolute Gasteiger partial charge is 0.250 e. The normalized spacial score (nSPS) is 15.3. The summed E-state index contributed by atoms with van der Waals surface area (Å²) in [5.74, 6) is 1.29. The summed E-state index contributed by atoms with van der Waals surface area (Å²) < 4.78 is 0. The Morgan fingerprint density at radius 2 is 1.77 bits per heavy atom. The second-order valence-corrected chi connectivity index (χ2v) is 6.56. The van der Waals surface area contributed by atoms with Crippen molar-refractivity contribution in [3.63, 3.8) is 0 Å². The highest BCUT2D eigenvalue weighted by Crippen LogP contribution is 2.17. The molecule has 1 heterocycles. The van der Waals surface area contributed by atoms with E-state index in [4.69, 9.17) is 0 Å². The summed E-state index contributed by atoms with van der Waals surface area (Å²) in [6.45, 7) is 0. The molecule has 8 heteroatoms. The van der Waals surface area contributed by atoms with Crippen LogP contribution >= 0.6 is 0 Å². The first-order valence-electron chi connectivity index (χ1n) is 9.51. The lowest BCUT2D eigenvalue weighted by Gasteiger charge is -2.16. The number of hydrazone groups is 1. The molecule has 4 rings (SSSR count). The Morgan fingerprint density at radius 1 is 0.933 bits per heavy atom. The molecule has 1 atom stereocenters. The molecule has 0 saturated carbocycles. The minimum absolute atomic E-state index is 0.102. The Balaban J connectivity index is 1.54. The SMILES string of the molecule is Oc1cccc(C=NNc2nc(Nc3ccccc3)nc(NC3C=CC=CC3)n2)c1. The van der Waals surface area contributed by atoms with Gasteiger partial charge >= 0.3 is 0 Å². The Kier molecular flexibility index (Phi) is 5.95. The van der Waals surface area contributed by atoms with Gasteiger partial charge in [0.05, 0.1) is 12.3 Å². The molecule has 0 bridgehead atoms. The fraction of sp³-hybridized carbons (Fsp3) is 0.0909. The molecule has 8 nitrogen and oxygen atoms in total. The molecular weight excluding hydrogens is 378 g/mol. The standard InChI is InChI=1S/C22H21N7O/c30-19-13-7-8-16(14-19)15-23-29-22-27-20(24-17-9-3-1-4-10-17)26-21(28-22)25-18-11-5-2-6-12-18/h1-11,13-15,18,30H,12H2,(H3,24,25,26,27,28,29). The second kappa shape index (κ2) is 9.33. The molecule has 4 N–H and O–H groups in total. The summed E-state index contributed by atoms with van der Waals surface area (Å²) in [5.41, 5.74) is 4.44. The van der Waals surface area contributed by atoms with E-state index in [9.17, 15) is 5.11 Å². The molecule has 0 aliphatic heterocycles. The van der Waals surface area contributed by atoms with Crippen LogP contribution < -0.4 is 16.1 Å². The number of anilines is 4.